The van der Waals surface area contributed by atoms with Crippen molar-refractivity contribution in [3.63, 3.8) is 0 Å². The molecule has 1 amide bonds. The van der Waals surface area contributed by atoms with Crippen LogP contribution in [0.4, 0.5) is 0 Å². The van der Waals surface area contributed by atoms with Gasteiger partial charge in [0.2, 0.25) is 0 Å². The number of carbonyl (C=O) groups excluding carboxylic acids is 1. The van der Waals surface area contributed by atoms with E-state index >= 15 is 0 Å². The van der Waals surface area contributed by atoms with Crippen LogP contribution < -0.4 is 25.8 Å². The molecule has 0 aliphatic carbocycles. The Bertz CT molecular complexity index is 1550. The van der Waals surface area contributed by atoms with Crippen LogP contribution in [0.1, 0.15) is 30.4 Å². The minimum absolute atomic E-state index is 0.0190. The second-order valence-corrected chi connectivity index (χ2v) is 9.46. The van der Waals surface area contributed by atoms with Crippen LogP contribution in [0.2, 0.25) is 10.0 Å². The van der Waals surface area contributed by atoms with Crippen molar-refractivity contribution in [2.24, 2.45) is 5.73 Å². The van der Waals surface area contributed by atoms with Gasteiger partial charge < -0.3 is 11.1 Å². The first kappa shape index (κ1) is 23.8. The van der Waals surface area contributed by atoms with Crippen molar-refractivity contribution in [3.8, 4) is 6.07 Å². The molecule has 1 aliphatic heterocycles. The third kappa shape index (κ3) is 4.16. The highest BCUT2D eigenvalue weighted by atomic mass is 35.5. The Hall–Kier alpha value is -3.31. The van der Waals surface area contributed by atoms with Crippen LogP contribution in [0.15, 0.2) is 58.9 Å². The third-order valence-electron chi connectivity index (χ3n) is 5.46. The number of carbonyl (C=O) groups is 1. The van der Waals surface area contributed by atoms with Gasteiger partial charge in [0.05, 0.1) is 27.7 Å². The van der Waals surface area contributed by atoms with Crippen LogP contribution in [-0.4, -0.2) is 17.0 Å². The van der Waals surface area contributed by atoms with E-state index in [9.17, 15) is 14.9 Å². The molecule has 4 rings (SSSR count). The van der Waals surface area contributed by atoms with Crippen LogP contribution in [0, 0.1) is 11.3 Å². The van der Waals surface area contributed by atoms with E-state index in [2.05, 4.69) is 11.4 Å². The van der Waals surface area contributed by atoms with Crippen LogP contribution in [0.5, 0.6) is 0 Å². The molecule has 1 aromatic heterocycles. The number of nitrogens with one attached hydrogen (secondary N) is 1. The molecule has 1 atom stereocenters. The lowest BCUT2D eigenvalue weighted by Crippen LogP contribution is -2.42. The van der Waals surface area contributed by atoms with Gasteiger partial charge in [-0.1, -0.05) is 66.5 Å². The molecule has 2 aromatic carbocycles. The second kappa shape index (κ2) is 9.90. The molecule has 172 valence electrons. The summed E-state index contributed by atoms with van der Waals surface area (Å²) in [4.78, 5) is 26.8. The SMILES string of the molecule is CCCNC(=O)C1=c2s/c(=C/c3ccccc3Cl)c(=O)n2C(N)=C(C#N)C1c1ccccc1Cl. The first-order valence-electron chi connectivity index (χ1n) is 10.5. The predicted molar refractivity (Wildman–Crippen MR) is 137 cm³/mol. The summed E-state index contributed by atoms with van der Waals surface area (Å²) in [6, 6.07) is 16.2. The third-order valence-corrected chi connectivity index (χ3v) is 7.25. The summed E-state index contributed by atoms with van der Waals surface area (Å²) in [5, 5.41) is 13.8. The molecule has 6 nitrogen and oxygen atoms in total. The number of halogens is 2. The Balaban J connectivity index is 2.11. The van der Waals surface area contributed by atoms with Gasteiger partial charge in [-0.3, -0.25) is 14.2 Å². The van der Waals surface area contributed by atoms with Crippen molar-refractivity contribution in [2.45, 2.75) is 19.3 Å². The highest BCUT2D eigenvalue weighted by Crippen LogP contribution is 2.39. The van der Waals surface area contributed by atoms with E-state index < -0.39 is 11.5 Å². The van der Waals surface area contributed by atoms with Gasteiger partial charge in [0.25, 0.3) is 11.5 Å². The van der Waals surface area contributed by atoms with Gasteiger partial charge in [0.1, 0.15) is 10.5 Å². The Morgan fingerprint density at radius 3 is 2.53 bits per heavy atom. The normalized spacial score (nSPS) is 15.8. The maximum atomic E-state index is 13.4. The standard InChI is InChI=1S/C25H20Cl2N4O2S/c1-2-11-30-23(32)21-20(15-8-4-6-10-18(15)27)16(13-28)22(29)31-24(33)19(34-25(21)31)12-14-7-3-5-9-17(14)26/h3-10,12,20H,2,11,29H2,1H3,(H,30,32)/b19-12+. The van der Waals surface area contributed by atoms with Crippen LogP contribution in [-0.2, 0) is 4.79 Å². The fourth-order valence-corrected chi connectivity index (χ4v) is 5.46. The summed E-state index contributed by atoms with van der Waals surface area (Å²) in [5.41, 5.74) is 7.52. The molecule has 34 heavy (non-hydrogen) atoms. The van der Waals surface area contributed by atoms with Crippen molar-refractivity contribution in [2.75, 3.05) is 6.54 Å². The zero-order valence-corrected chi connectivity index (χ0v) is 20.5. The largest absolute Gasteiger partial charge is 0.384 e. The lowest BCUT2D eigenvalue weighted by atomic mass is 9.83. The van der Waals surface area contributed by atoms with E-state index in [-0.39, 0.29) is 22.9 Å². The molecule has 3 N–H and O–H groups in total. The van der Waals surface area contributed by atoms with Gasteiger partial charge in [0.15, 0.2) is 0 Å². The summed E-state index contributed by atoms with van der Waals surface area (Å²) in [6.07, 6.45) is 2.38. The molecule has 2 heterocycles. The minimum atomic E-state index is -0.818. The topological polar surface area (TPSA) is 101 Å². The first-order chi connectivity index (χ1) is 16.4. The summed E-state index contributed by atoms with van der Waals surface area (Å²) < 4.78 is 1.93. The smallest absolute Gasteiger partial charge is 0.274 e. The quantitative estimate of drug-likeness (QED) is 0.550. The predicted octanol–water partition coefficient (Wildman–Crippen LogP) is 3.17. The van der Waals surface area contributed by atoms with Crippen molar-refractivity contribution < 1.29 is 4.79 Å². The molecule has 1 aliphatic rings. The lowest BCUT2D eigenvalue weighted by molar-refractivity contribution is -0.115. The number of nitrogens with two attached hydrogens (primary N) is 1. The first-order valence-corrected chi connectivity index (χ1v) is 12.1. The molecule has 0 saturated heterocycles. The van der Waals surface area contributed by atoms with Gasteiger partial charge in [0, 0.05) is 16.6 Å². The fourth-order valence-electron chi connectivity index (χ4n) is 3.85. The van der Waals surface area contributed by atoms with E-state index in [1.807, 2.05) is 13.0 Å². The van der Waals surface area contributed by atoms with Gasteiger partial charge in [-0.15, -0.1) is 11.3 Å². The van der Waals surface area contributed by atoms with Crippen molar-refractivity contribution in [1.82, 2.24) is 9.88 Å². The van der Waals surface area contributed by atoms with Gasteiger partial charge in [-0.05, 0) is 35.8 Å². The number of thiazole rings is 1. The van der Waals surface area contributed by atoms with Crippen LogP contribution in [0.3, 0.4) is 0 Å². The molecule has 0 spiro atoms. The van der Waals surface area contributed by atoms with Gasteiger partial charge in [-0.25, -0.2) is 0 Å². The summed E-state index contributed by atoms with van der Waals surface area (Å²) >= 11 is 13.9. The highest BCUT2D eigenvalue weighted by molar-refractivity contribution is 7.07. The molecule has 3 aromatic rings. The number of allylic oxidation sites excluding steroid dienone is 1. The molecule has 0 bridgehead atoms. The number of aromatic nitrogens is 1. The number of hydrogen-bond acceptors (Lipinski definition) is 5. The molecule has 1 unspecified atom stereocenters. The minimum Gasteiger partial charge on any atom is -0.384 e. The zero-order valence-electron chi connectivity index (χ0n) is 18.1. The molecular formula is C25H20Cl2N4O2S. The highest BCUT2D eigenvalue weighted by Gasteiger charge is 2.36. The molecule has 9 heteroatoms. The maximum absolute atomic E-state index is 13.4. The monoisotopic (exact) mass is 510 g/mol. The summed E-state index contributed by atoms with van der Waals surface area (Å²) in [6.45, 7) is 2.38. The van der Waals surface area contributed by atoms with Crippen LogP contribution >= 0.6 is 34.5 Å². The Morgan fingerprint density at radius 1 is 1.21 bits per heavy atom. The van der Waals surface area contributed by atoms with E-state index in [1.165, 1.54) is 4.57 Å². The average Bonchev–Trinajstić information content (AvgIpc) is 3.15. The van der Waals surface area contributed by atoms with Crippen molar-refractivity contribution in [3.05, 3.63) is 94.8 Å². The number of benzene rings is 2. The molecular weight excluding hydrogens is 491 g/mol. The summed E-state index contributed by atoms with van der Waals surface area (Å²) in [7, 11) is 0. The Kier molecular flexibility index (Phi) is 6.94. The lowest BCUT2D eigenvalue weighted by Gasteiger charge is -2.26. The van der Waals surface area contributed by atoms with E-state index in [1.54, 1.807) is 48.5 Å². The van der Waals surface area contributed by atoms with Gasteiger partial charge >= 0.3 is 0 Å². The second-order valence-electron chi connectivity index (χ2n) is 7.61. The van der Waals surface area contributed by atoms with E-state index in [0.717, 1.165) is 17.8 Å². The number of fused-ring (bicyclic) bond motifs is 1. The van der Waals surface area contributed by atoms with E-state index in [4.69, 9.17) is 28.9 Å². The number of hydrogen-bond donors (Lipinski definition) is 2. The number of nitrogens with zero attached hydrogens (tertiary/aromatic N) is 2. The van der Waals surface area contributed by atoms with Gasteiger partial charge in [-0.2, -0.15) is 5.26 Å². The molecule has 0 fully saturated rings. The Morgan fingerprint density at radius 2 is 1.88 bits per heavy atom. The Labute approximate surface area is 209 Å². The van der Waals surface area contributed by atoms with Crippen molar-refractivity contribution in [1.29, 1.82) is 5.26 Å². The average molecular weight is 511 g/mol. The fraction of sp³-hybridized carbons (Fsp3) is 0.160. The number of rotatable bonds is 5. The maximum Gasteiger partial charge on any atom is 0.274 e. The summed E-state index contributed by atoms with van der Waals surface area (Å²) in [5.74, 6) is -1.22. The molecule has 0 saturated carbocycles. The van der Waals surface area contributed by atoms with Crippen LogP contribution in [0.25, 0.3) is 17.5 Å². The van der Waals surface area contributed by atoms with E-state index in [0.29, 0.717) is 36.9 Å². The van der Waals surface area contributed by atoms with Crippen molar-refractivity contribution >= 4 is 57.9 Å². The number of nitriles is 1. The number of amides is 1. The molecule has 0 radical (unpaired) electrons. The zero-order chi connectivity index (χ0) is 24.4.